The Hall–Kier alpha value is -3.32. The van der Waals surface area contributed by atoms with E-state index in [1.807, 2.05) is 25.1 Å². The van der Waals surface area contributed by atoms with Gasteiger partial charge in [-0.3, -0.25) is 9.10 Å². The lowest BCUT2D eigenvalue weighted by Gasteiger charge is -2.35. The van der Waals surface area contributed by atoms with Gasteiger partial charge in [0.15, 0.2) is 6.10 Å². The van der Waals surface area contributed by atoms with Gasteiger partial charge in [0.1, 0.15) is 5.75 Å². The minimum Gasteiger partial charge on any atom is -0.476 e. The fourth-order valence-corrected chi connectivity index (χ4v) is 6.30. The Kier molecular flexibility index (Phi) is 6.04. The van der Waals surface area contributed by atoms with Crippen LogP contribution in [0, 0.1) is 0 Å². The van der Waals surface area contributed by atoms with Crippen LogP contribution in [0.5, 0.6) is 5.75 Å². The smallest absolute Gasteiger partial charge is 0.263 e. The zero-order chi connectivity index (χ0) is 23.7. The number of nitrogens with one attached hydrogen (secondary N) is 1. The molecule has 0 aromatic heterocycles. The second-order valence-electron chi connectivity index (χ2n) is 8.96. The molecule has 0 spiro atoms. The van der Waals surface area contributed by atoms with Gasteiger partial charge in [-0.15, -0.1) is 0 Å². The highest BCUT2D eigenvalue weighted by atomic mass is 32.2. The summed E-state index contributed by atoms with van der Waals surface area (Å²) < 4.78 is 34.0. The molecule has 0 radical (unpaired) electrons. The maximum atomic E-state index is 13.4. The Labute approximate surface area is 200 Å². The maximum Gasteiger partial charge on any atom is 0.263 e. The van der Waals surface area contributed by atoms with Crippen molar-refractivity contribution >= 4 is 21.6 Å². The van der Waals surface area contributed by atoms with E-state index < -0.39 is 16.1 Å². The van der Waals surface area contributed by atoms with Crippen LogP contribution < -0.4 is 14.4 Å². The lowest BCUT2D eigenvalue weighted by atomic mass is 10.0. The first-order valence-corrected chi connectivity index (χ1v) is 13.2. The van der Waals surface area contributed by atoms with E-state index in [9.17, 15) is 13.2 Å². The quantitative estimate of drug-likeness (QED) is 0.580. The van der Waals surface area contributed by atoms with Crippen molar-refractivity contribution in [3.8, 4) is 5.75 Å². The van der Waals surface area contributed by atoms with Crippen molar-refractivity contribution < 1.29 is 17.9 Å². The number of sulfonamides is 1. The first-order valence-electron chi connectivity index (χ1n) is 11.6. The highest BCUT2D eigenvalue weighted by Crippen LogP contribution is 2.36. The van der Waals surface area contributed by atoms with Gasteiger partial charge < -0.3 is 10.1 Å². The van der Waals surface area contributed by atoms with Gasteiger partial charge in [0.05, 0.1) is 24.0 Å². The molecule has 2 atom stereocenters. The number of para-hydroxylation sites is 2. The van der Waals surface area contributed by atoms with Gasteiger partial charge in [-0.25, -0.2) is 8.42 Å². The van der Waals surface area contributed by atoms with Gasteiger partial charge in [0.25, 0.3) is 5.91 Å². The van der Waals surface area contributed by atoms with Gasteiger partial charge in [0, 0.05) is 0 Å². The number of hydrogen-bond acceptors (Lipinski definition) is 4. The van der Waals surface area contributed by atoms with Crippen LogP contribution in [0.2, 0.25) is 0 Å². The number of benzene rings is 3. The van der Waals surface area contributed by atoms with E-state index in [0.29, 0.717) is 17.0 Å². The molecule has 1 heterocycles. The normalized spacial score (nSPS) is 17.9. The van der Waals surface area contributed by atoms with Gasteiger partial charge >= 0.3 is 0 Å². The van der Waals surface area contributed by atoms with E-state index in [2.05, 4.69) is 23.5 Å². The first kappa shape index (κ1) is 22.5. The Morgan fingerprint density at radius 2 is 1.76 bits per heavy atom. The fraction of sp³-hybridized carbons (Fsp3) is 0.296. The number of amides is 1. The van der Waals surface area contributed by atoms with Gasteiger partial charge in [-0.2, -0.15) is 0 Å². The highest BCUT2D eigenvalue weighted by Gasteiger charge is 2.37. The summed E-state index contributed by atoms with van der Waals surface area (Å²) in [4.78, 5) is 13.2. The lowest BCUT2D eigenvalue weighted by Crippen LogP contribution is -2.51. The van der Waals surface area contributed by atoms with Crippen LogP contribution in [0.15, 0.2) is 72.8 Å². The predicted octanol–water partition coefficient (Wildman–Crippen LogP) is 4.15. The number of ether oxygens (including phenoxy) is 1. The Morgan fingerprint density at radius 3 is 2.59 bits per heavy atom. The Balaban J connectivity index is 1.36. The molecule has 1 amide bonds. The van der Waals surface area contributed by atoms with Crippen LogP contribution in [-0.2, 0) is 33.4 Å². The van der Waals surface area contributed by atoms with Crippen molar-refractivity contribution in [2.24, 2.45) is 0 Å². The summed E-state index contributed by atoms with van der Waals surface area (Å²) in [5.74, 6) is -0.0969. The van der Waals surface area contributed by atoms with Gasteiger partial charge in [0.2, 0.25) is 10.0 Å². The minimum absolute atomic E-state index is 0.0745. The molecule has 2 aliphatic rings. The van der Waals surface area contributed by atoms with Crippen LogP contribution in [0.1, 0.15) is 41.6 Å². The second-order valence-corrected chi connectivity index (χ2v) is 10.9. The van der Waals surface area contributed by atoms with Crippen molar-refractivity contribution in [3.05, 3.63) is 95.1 Å². The summed E-state index contributed by atoms with van der Waals surface area (Å²) in [7, 11) is -3.73. The molecule has 7 heteroatoms. The number of hydrogen-bond donors (Lipinski definition) is 1. The van der Waals surface area contributed by atoms with Crippen molar-refractivity contribution in [2.45, 2.75) is 44.1 Å². The zero-order valence-corrected chi connectivity index (χ0v) is 19.9. The molecule has 3 aromatic carbocycles. The maximum absolute atomic E-state index is 13.4. The number of fused-ring (bicyclic) bond motifs is 2. The topological polar surface area (TPSA) is 75.7 Å². The molecule has 3 aromatic rings. The van der Waals surface area contributed by atoms with Crippen molar-refractivity contribution in [1.82, 2.24) is 5.32 Å². The van der Waals surface area contributed by atoms with Crippen molar-refractivity contribution in [2.75, 3.05) is 10.8 Å². The number of anilines is 1. The molecule has 5 rings (SSSR count). The largest absolute Gasteiger partial charge is 0.476 e. The van der Waals surface area contributed by atoms with Gasteiger partial charge in [-0.1, -0.05) is 60.7 Å². The highest BCUT2D eigenvalue weighted by molar-refractivity contribution is 7.92. The van der Waals surface area contributed by atoms with E-state index in [0.717, 1.165) is 18.4 Å². The molecule has 34 heavy (non-hydrogen) atoms. The molecule has 0 saturated carbocycles. The molecular weight excluding hydrogens is 448 g/mol. The predicted molar refractivity (Wildman–Crippen MR) is 132 cm³/mol. The van der Waals surface area contributed by atoms with E-state index in [4.69, 9.17) is 4.74 Å². The van der Waals surface area contributed by atoms with Crippen LogP contribution in [0.3, 0.4) is 0 Å². The third-order valence-corrected chi connectivity index (χ3v) is 8.25. The van der Waals surface area contributed by atoms with Crippen LogP contribution >= 0.6 is 0 Å². The molecule has 1 aliphatic carbocycles. The van der Waals surface area contributed by atoms with E-state index in [1.54, 1.807) is 36.4 Å². The summed E-state index contributed by atoms with van der Waals surface area (Å²) >= 11 is 0. The molecule has 0 unspecified atom stereocenters. The average molecular weight is 477 g/mol. The molecule has 176 valence electrons. The summed E-state index contributed by atoms with van der Waals surface area (Å²) in [6, 6.07) is 22.1. The zero-order valence-electron chi connectivity index (χ0n) is 19.1. The van der Waals surface area contributed by atoms with Crippen LogP contribution in [-0.4, -0.2) is 27.0 Å². The number of carbonyl (C=O) groups excluding carboxylic acids is 1. The van der Waals surface area contributed by atoms with Crippen LogP contribution in [0.4, 0.5) is 5.69 Å². The molecule has 0 fully saturated rings. The number of nitrogens with zero attached hydrogens (tertiary/aromatic N) is 1. The minimum atomic E-state index is -3.73. The summed E-state index contributed by atoms with van der Waals surface area (Å²) in [6.07, 6.45) is 2.40. The van der Waals surface area contributed by atoms with Crippen LogP contribution in [0.25, 0.3) is 0 Å². The Morgan fingerprint density at radius 1 is 1.03 bits per heavy atom. The molecule has 0 saturated heterocycles. The summed E-state index contributed by atoms with van der Waals surface area (Å²) in [5.41, 5.74) is 4.92. The summed E-state index contributed by atoms with van der Waals surface area (Å²) in [5, 5.41) is 3.02. The summed E-state index contributed by atoms with van der Waals surface area (Å²) in [6.45, 7) is 1.87. The first-order chi connectivity index (χ1) is 16.4. The Bertz CT molecular complexity index is 1310. The number of rotatable bonds is 6. The molecule has 0 bridgehead atoms. The molecule has 1 N–H and O–H groups in total. The van der Waals surface area contributed by atoms with E-state index in [1.165, 1.54) is 21.9 Å². The van der Waals surface area contributed by atoms with Crippen molar-refractivity contribution in [3.63, 3.8) is 0 Å². The van der Waals surface area contributed by atoms with E-state index >= 15 is 0 Å². The molecular formula is C27H28N2O4S. The average Bonchev–Trinajstić information content (AvgIpc) is 3.31. The lowest BCUT2D eigenvalue weighted by molar-refractivity contribution is -0.128. The number of aryl methyl sites for hydroxylation is 2. The third-order valence-electron chi connectivity index (χ3n) is 6.54. The van der Waals surface area contributed by atoms with Crippen molar-refractivity contribution in [1.29, 1.82) is 0 Å². The second kappa shape index (κ2) is 9.14. The standard InChI is InChI=1S/C27H28N2O4S/c1-19(22-15-14-21-10-7-11-23(21)16-22)28-27(30)26-17-29(24-12-5-6-13-25(24)33-26)34(31,32)18-20-8-3-2-4-9-20/h2-6,8-9,12-16,19,26H,7,10-11,17-18H2,1H3,(H,28,30)/t19-,26-/m0/s1. The van der Waals surface area contributed by atoms with E-state index in [-0.39, 0.29) is 24.2 Å². The fourth-order valence-electron chi connectivity index (χ4n) is 4.72. The third kappa shape index (κ3) is 4.53. The monoisotopic (exact) mass is 476 g/mol. The molecule has 6 nitrogen and oxygen atoms in total. The molecule has 1 aliphatic heterocycles. The number of carbonyl (C=O) groups is 1. The SMILES string of the molecule is C[C@H](NC(=O)[C@@H]1CN(S(=O)(=O)Cc2ccccc2)c2ccccc2O1)c1ccc2c(c1)CCC2. The van der Waals surface area contributed by atoms with Gasteiger partial charge in [-0.05, 0) is 60.6 Å².